The van der Waals surface area contributed by atoms with Gasteiger partial charge in [0.1, 0.15) is 0 Å². The molecule has 1 aromatic carbocycles. The van der Waals surface area contributed by atoms with Gasteiger partial charge in [-0.25, -0.2) is 0 Å². The van der Waals surface area contributed by atoms with Gasteiger partial charge < -0.3 is 15.7 Å². The van der Waals surface area contributed by atoms with Gasteiger partial charge in [-0.3, -0.25) is 14.7 Å². The van der Waals surface area contributed by atoms with Crippen molar-refractivity contribution < 1.29 is 4.79 Å². The van der Waals surface area contributed by atoms with E-state index in [1.54, 1.807) is 19.2 Å². The van der Waals surface area contributed by atoms with E-state index in [0.717, 1.165) is 11.4 Å². The van der Waals surface area contributed by atoms with Crippen molar-refractivity contribution in [2.45, 2.75) is 6.54 Å². The Labute approximate surface area is 103 Å². The van der Waals surface area contributed by atoms with E-state index in [1.807, 2.05) is 12.1 Å². The number of anilines is 1. The first kappa shape index (κ1) is 12.0. The minimum Gasteiger partial charge on any atom is -0.379 e. The minimum absolute atomic E-state index is 0.114. The third-order valence-corrected chi connectivity index (χ3v) is 2.51. The fraction of sp³-hybridized carbons (Fsp3) is 0.167. The highest BCUT2D eigenvalue weighted by Gasteiger charge is 2.02. The van der Waals surface area contributed by atoms with E-state index in [1.165, 1.54) is 6.07 Å². The van der Waals surface area contributed by atoms with Crippen LogP contribution in [0.3, 0.4) is 0 Å². The number of aromatic nitrogens is 2. The molecule has 0 spiro atoms. The maximum atomic E-state index is 11.3. The van der Waals surface area contributed by atoms with Crippen molar-refractivity contribution in [3.05, 3.63) is 51.9 Å². The first-order valence-electron chi connectivity index (χ1n) is 5.51. The molecule has 94 valence electrons. The van der Waals surface area contributed by atoms with Gasteiger partial charge in [-0.15, -0.1) is 0 Å². The van der Waals surface area contributed by atoms with Gasteiger partial charge in [0.2, 0.25) is 0 Å². The Hall–Kier alpha value is -2.50. The monoisotopic (exact) mass is 246 g/mol. The molecular weight excluding hydrogens is 232 g/mol. The molecule has 0 aliphatic heterocycles. The van der Waals surface area contributed by atoms with Gasteiger partial charge in [0, 0.05) is 24.4 Å². The van der Waals surface area contributed by atoms with Crippen LogP contribution in [0, 0.1) is 0 Å². The van der Waals surface area contributed by atoms with E-state index < -0.39 is 0 Å². The number of rotatable bonds is 4. The van der Waals surface area contributed by atoms with Gasteiger partial charge in [-0.1, -0.05) is 0 Å². The summed E-state index contributed by atoms with van der Waals surface area (Å²) in [7, 11) is 1.59. The second kappa shape index (κ2) is 5.22. The number of carbonyl (C=O) groups excluding carboxylic acids is 1. The third kappa shape index (κ3) is 2.79. The first-order chi connectivity index (χ1) is 8.69. The topological polar surface area (TPSA) is 89.8 Å². The molecule has 6 nitrogen and oxygen atoms in total. The SMILES string of the molecule is CNC(=O)c1ccc(NCc2cc(=O)[nH][nH]2)cc1. The lowest BCUT2D eigenvalue weighted by Crippen LogP contribution is -2.17. The number of nitrogens with one attached hydrogen (secondary N) is 4. The molecule has 2 aromatic rings. The quantitative estimate of drug-likeness (QED) is 0.639. The van der Waals surface area contributed by atoms with Crippen molar-refractivity contribution in [2.24, 2.45) is 0 Å². The zero-order valence-electron chi connectivity index (χ0n) is 9.91. The fourth-order valence-corrected chi connectivity index (χ4v) is 1.55. The number of amides is 1. The van der Waals surface area contributed by atoms with Crippen LogP contribution in [0.25, 0.3) is 0 Å². The maximum absolute atomic E-state index is 11.3. The van der Waals surface area contributed by atoms with Gasteiger partial charge in [0.15, 0.2) is 0 Å². The molecule has 6 heteroatoms. The van der Waals surface area contributed by atoms with Crippen LogP contribution in [0.1, 0.15) is 16.1 Å². The number of aromatic amines is 2. The summed E-state index contributed by atoms with van der Waals surface area (Å²) in [5.41, 5.74) is 2.11. The first-order valence-corrected chi connectivity index (χ1v) is 5.51. The third-order valence-electron chi connectivity index (χ3n) is 2.51. The second-order valence-electron chi connectivity index (χ2n) is 3.79. The van der Waals surface area contributed by atoms with Crippen LogP contribution >= 0.6 is 0 Å². The highest BCUT2D eigenvalue weighted by atomic mass is 16.1. The molecule has 0 atom stereocenters. The van der Waals surface area contributed by atoms with Gasteiger partial charge in [0.25, 0.3) is 11.5 Å². The highest BCUT2D eigenvalue weighted by Crippen LogP contribution is 2.10. The summed E-state index contributed by atoms with van der Waals surface area (Å²) in [6, 6.07) is 8.60. The smallest absolute Gasteiger partial charge is 0.264 e. The van der Waals surface area contributed by atoms with E-state index >= 15 is 0 Å². The summed E-state index contributed by atoms with van der Waals surface area (Å²) in [6.07, 6.45) is 0. The van der Waals surface area contributed by atoms with Crippen LogP contribution in [0.5, 0.6) is 0 Å². The summed E-state index contributed by atoms with van der Waals surface area (Å²) >= 11 is 0. The molecule has 1 aromatic heterocycles. The molecule has 0 radical (unpaired) electrons. The minimum atomic E-state index is -0.151. The Morgan fingerprint density at radius 3 is 2.50 bits per heavy atom. The summed E-state index contributed by atoms with van der Waals surface area (Å²) in [4.78, 5) is 22.2. The van der Waals surface area contributed by atoms with Crippen LogP contribution in [-0.4, -0.2) is 23.2 Å². The van der Waals surface area contributed by atoms with Crippen LogP contribution in [-0.2, 0) is 6.54 Å². The van der Waals surface area contributed by atoms with Gasteiger partial charge in [-0.2, -0.15) is 0 Å². The highest BCUT2D eigenvalue weighted by molar-refractivity contribution is 5.94. The molecule has 0 saturated carbocycles. The summed E-state index contributed by atoms with van der Waals surface area (Å²) < 4.78 is 0. The van der Waals surface area contributed by atoms with Crippen molar-refractivity contribution in [3.8, 4) is 0 Å². The fourth-order valence-electron chi connectivity index (χ4n) is 1.55. The lowest BCUT2D eigenvalue weighted by atomic mass is 10.2. The van der Waals surface area contributed by atoms with Crippen molar-refractivity contribution in [2.75, 3.05) is 12.4 Å². The van der Waals surface area contributed by atoms with E-state index in [0.29, 0.717) is 12.1 Å². The molecule has 0 saturated heterocycles. The summed E-state index contributed by atoms with van der Waals surface area (Å²) in [5.74, 6) is -0.114. The molecule has 4 N–H and O–H groups in total. The molecule has 1 heterocycles. The molecular formula is C12H14N4O2. The average Bonchev–Trinajstić information content (AvgIpc) is 2.82. The van der Waals surface area contributed by atoms with Crippen LogP contribution in [0.15, 0.2) is 35.1 Å². The number of carbonyl (C=O) groups is 1. The molecule has 0 bridgehead atoms. The molecule has 1 amide bonds. The molecule has 0 aliphatic carbocycles. The molecule has 0 aliphatic rings. The lowest BCUT2D eigenvalue weighted by Gasteiger charge is -2.05. The van der Waals surface area contributed by atoms with Crippen LogP contribution < -0.4 is 16.2 Å². The molecule has 18 heavy (non-hydrogen) atoms. The van der Waals surface area contributed by atoms with Crippen LogP contribution in [0.4, 0.5) is 5.69 Å². The summed E-state index contributed by atoms with van der Waals surface area (Å²) in [6.45, 7) is 0.512. The van der Waals surface area contributed by atoms with Crippen molar-refractivity contribution in [1.82, 2.24) is 15.5 Å². The molecule has 2 rings (SSSR count). The largest absolute Gasteiger partial charge is 0.379 e. The Kier molecular flexibility index (Phi) is 3.47. The van der Waals surface area contributed by atoms with E-state index in [2.05, 4.69) is 20.8 Å². The number of benzene rings is 1. The standard InChI is InChI=1S/C12H14N4O2/c1-13-12(18)8-2-4-9(5-3-8)14-7-10-6-11(17)16-15-10/h2-6,14H,7H2,1H3,(H,13,18)(H2,15,16,17). The Balaban J connectivity index is 1.98. The zero-order valence-corrected chi connectivity index (χ0v) is 9.91. The van der Waals surface area contributed by atoms with Crippen molar-refractivity contribution >= 4 is 11.6 Å². The van der Waals surface area contributed by atoms with Gasteiger partial charge in [-0.05, 0) is 24.3 Å². The maximum Gasteiger partial charge on any atom is 0.264 e. The predicted molar refractivity (Wildman–Crippen MR) is 68.6 cm³/mol. The van der Waals surface area contributed by atoms with E-state index in [4.69, 9.17) is 0 Å². The Morgan fingerprint density at radius 1 is 1.22 bits per heavy atom. The van der Waals surface area contributed by atoms with Gasteiger partial charge >= 0.3 is 0 Å². The van der Waals surface area contributed by atoms with E-state index in [-0.39, 0.29) is 11.5 Å². The summed E-state index contributed by atoms with van der Waals surface area (Å²) in [5, 5.41) is 10.9. The number of hydrogen-bond acceptors (Lipinski definition) is 3. The van der Waals surface area contributed by atoms with Crippen LogP contribution in [0.2, 0.25) is 0 Å². The number of H-pyrrole nitrogens is 2. The normalized spacial score (nSPS) is 10.1. The second-order valence-corrected chi connectivity index (χ2v) is 3.79. The van der Waals surface area contributed by atoms with Gasteiger partial charge in [0.05, 0.1) is 12.2 Å². The Bertz CT molecular complexity index is 583. The molecule has 0 fully saturated rings. The Morgan fingerprint density at radius 2 is 1.94 bits per heavy atom. The predicted octanol–water partition coefficient (Wildman–Crippen LogP) is 0.675. The van der Waals surface area contributed by atoms with Crippen molar-refractivity contribution in [1.29, 1.82) is 0 Å². The average molecular weight is 246 g/mol. The van der Waals surface area contributed by atoms with Crippen molar-refractivity contribution in [3.63, 3.8) is 0 Å². The number of hydrogen-bond donors (Lipinski definition) is 4. The molecule has 0 unspecified atom stereocenters. The lowest BCUT2D eigenvalue weighted by molar-refractivity contribution is 0.0963. The van der Waals surface area contributed by atoms with E-state index in [9.17, 15) is 9.59 Å². The zero-order chi connectivity index (χ0) is 13.0.